The van der Waals surface area contributed by atoms with Crippen molar-refractivity contribution < 1.29 is 9.26 Å². The van der Waals surface area contributed by atoms with Crippen molar-refractivity contribution in [2.45, 2.75) is 44.6 Å². The Bertz CT molecular complexity index is 619. The molecule has 1 atom stereocenters. The Morgan fingerprint density at radius 3 is 2.81 bits per heavy atom. The maximum atomic E-state index is 6.32. The summed E-state index contributed by atoms with van der Waals surface area (Å²) in [5.41, 5.74) is 7.00. The van der Waals surface area contributed by atoms with Gasteiger partial charge in [0.1, 0.15) is 12.4 Å². The van der Waals surface area contributed by atoms with Gasteiger partial charge in [0.25, 0.3) is 0 Å². The molecule has 1 aliphatic heterocycles. The highest BCUT2D eigenvalue weighted by Gasteiger charge is 2.32. The molecule has 0 radical (unpaired) electrons. The van der Waals surface area contributed by atoms with Crippen LogP contribution in [-0.2, 0) is 12.0 Å². The number of benzene rings is 1. The third-order valence-corrected chi connectivity index (χ3v) is 4.38. The van der Waals surface area contributed by atoms with Gasteiger partial charge in [0.2, 0.25) is 5.89 Å². The van der Waals surface area contributed by atoms with Crippen LogP contribution in [0.4, 0.5) is 0 Å². The number of fused-ring (bicyclic) bond motifs is 1. The lowest BCUT2D eigenvalue weighted by atomic mass is 9.93. The minimum Gasteiger partial charge on any atom is -0.492 e. The van der Waals surface area contributed by atoms with E-state index in [9.17, 15) is 0 Å². The molecule has 0 saturated carbocycles. The molecule has 5 heteroatoms. The van der Waals surface area contributed by atoms with Gasteiger partial charge < -0.3 is 15.0 Å². The van der Waals surface area contributed by atoms with Gasteiger partial charge in [0, 0.05) is 0 Å². The number of hydrogen-bond donors (Lipinski definition) is 1. The average Bonchev–Trinajstić information content (AvgIpc) is 3.04. The van der Waals surface area contributed by atoms with Crippen molar-refractivity contribution in [3.05, 3.63) is 41.5 Å². The Morgan fingerprint density at radius 1 is 1.29 bits per heavy atom. The van der Waals surface area contributed by atoms with Crippen LogP contribution in [0.25, 0.3) is 0 Å². The van der Waals surface area contributed by atoms with Crippen molar-refractivity contribution in [3.63, 3.8) is 0 Å². The van der Waals surface area contributed by atoms with Crippen LogP contribution in [0, 0.1) is 0 Å². The molecule has 2 aromatic rings. The van der Waals surface area contributed by atoms with E-state index in [0.29, 0.717) is 18.3 Å². The molecule has 3 rings (SSSR count). The van der Waals surface area contributed by atoms with E-state index in [4.69, 9.17) is 15.0 Å². The standard InChI is InChI=1S/C16H21N3O2/c1-3-16(17,4-2)15-18-14(21-19-15)12-9-11-7-5-6-8-13(11)20-10-12/h5-8,12H,3-4,9-10,17H2,1-2H3. The first-order valence-corrected chi connectivity index (χ1v) is 7.50. The van der Waals surface area contributed by atoms with Gasteiger partial charge in [-0.15, -0.1) is 0 Å². The zero-order chi connectivity index (χ0) is 14.9. The summed E-state index contributed by atoms with van der Waals surface area (Å²) in [4.78, 5) is 4.54. The van der Waals surface area contributed by atoms with Crippen molar-refractivity contribution in [3.8, 4) is 5.75 Å². The Morgan fingerprint density at radius 2 is 2.05 bits per heavy atom. The summed E-state index contributed by atoms with van der Waals surface area (Å²) < 4.78 is 11.2. The number of nitrogens with two attached hydrogens (primary N) is 1. The highest BCUT2D eigenvalue weighted by Crippen LogP contribution is 2.32. The number of para-hydroxylation sites is 1. The van der Waals surface area contributed by atoms with Gasteiger partial charge in [0.15, 0.2) is 5.82 Å². The van der Waals surface area contributed by atoms with Crippen LogP contribution < -0.4 is 10.5 Å². The first kappa shape index (κ1) is 14.1. The second-order valence-corrected chi connectivity index (χ2v) is 5.64. The topological polar surface area (TPSA) is 74.2 Å². The second-order valence-electron chi connectivity index (χ2n) is 5.64. The van der Waals surface area contributed by atoms with Crippen LogP contribution in [-0.4, -0.2) is 16.7 Å². The molecule has 0 fully saturated rings. The summed E-state index contributed by atoms with van der Waals surface area (Å²) in [7, 11) is 0. The molecule has 2 N–H and O–H groups in total. The lowest BCUT2D eigenvalue weighted by Gasteiger charge is -2.23. The molecule has 1 unspecified atom stereocenters. The van der Waals surface area contributed by atoms with Gasteiger partial charge in [-0.25, -0.2) is 0 Å². The van der Waals surface area contributed by atoms with Gasteiger partial charge in [0.05, 0.1) is 11.5 Å². The minimum absolute atomic E-state index is 0.0964. The Hall–Kier alpha value is -1.88. The maximum Gasteiger partial charge on any atom is 0.233 e. The summed E-state index contributed by atoms with van der Waals surface area (Å²) in [6.07, 6.45) is 2.42. The zero-order valence-corrected chi connectivity index (χ0v) is 12.5. The van der Waals surface area contributed by atoms with Gasteiger partial charge in [-0.1, -0.05) is 37.2 Å². The van der Waals surface area contributed by atoms with Crippen LogP contribution in [0.15, 0.2) is 28.8 Å². The third kappa shape index (κ3) is 2.53. The summed E-state index contributed by atoms with van der Waals surface area (Å²) in [5.74, 6) is 2.26. The molecule has 21 heavy (non-hydrogen) atoms. The van der Waals surface area contributed by atoms with Gasteiger partial charge in [-0.3, -0.25) is 0 Å². The molecule has 0 saturated heterocycles. The van der Waals surface area contributed by atoms with E-state index in [1.54, 1.807) is 0 Å². The molecule has 0 bridgehead atoms. The highest BCUT2D eigenvalue weighted by atomic mass is 16.5. The molecule has 5 nitrogen and oxygen atoms in total. The van der Waals surface area contributed by atoms with E-state index in [-0.39, 0.29) is 5.92 Å². The molecule has 0 amide bonds. The van der Waals surface area contributed by atoms with Gasteiger partial charge in [-0.2, -0.15) is 4.98 Å². The van der Waals surface area contributed by atoms with Crippen LogP contribution in [0.1, 0.15) is 49.9 Å². The van der Waals surface area contributed by atoms with Gasteiger partial charge >= 0.3 is 0 Å². The van der Waals surface area contributed by atoms with Crippen molar-refractivity contribution in [2.75, 3.05) is 6.61 Å². The Labute approximate surface area is 124 Å². The summed E-state index contributed by atoms with van der Waals surface area (Å²) >= 11 is 0. The molecule has 2 heterocycles. The molecule has 1 aromatic carbocycles. The first-order valence-electron chi connectivity index (χ1n) is 7.50. The van der Waals surface area contributed by atoms with E-state index in [1.165, 1.54) is 5.56 Å². The SMILES string of the molecule is CCC(N)(CC)c1noc(C2COc3ccccc3C2)n1. The third-order valence-electron chi connectivity index (χ3n) is 4.38. The fourth-order valence-electron chi connectivity index (χ4n) is 2.66. The highest BCUT2D eigenvalue weighted by molar-refractivity contribution is 5.36. The molecule has 1 aliphatic rings. The quantitative estimate of drug-likeness (QED) is 0.936. The minimum atomic E-state index is -0.505. The average molecular weight is 287 g/mol. The van der Waals surface area contributed by atoms with E-state index >= 15 is 0 Å². The molecule has 0 aliphatic carbocycles. The largest absolute Gasteiger partial charge is 0.492 e. The summed E-state index contributed by atoms with van der Waals surface area (Å²) in [6, 6.07) is 8.06. The number of aromatic nitrogens is 2. The number of ether oxygens (including phenoxy) is 1. The lowest BCUT2D eigenvalue weighted by Crippen LogP contribution is -2.36. The van der Waals surface area contributed by atoms with E-state index in [1.807, 2.05) is 32.0 Å². The van der Waals surface area contributed by atoms with E-state index in [0.717, 1.165) is 25.0 Å². The molecule has 112 valence electrons. The predicted molar refractivity (Wildman–Crippen MR) is 79.1 cm³/mol. The fraction of sp³-hybridized carbons (Fsp3) is 0.500. The zero-order valence-electron chi connectivity index (χ0n) is 12.5. The molecule has 0 spiro atoms. The van der Waals surface area contributed by atoms with Gasteiger partial charge in [-0.05, 0) is 30.9 Å². The van der Waals surface area contributed by atoms with Crippen molar-refractivity contribution >= 4 is 0 Å². The molecular weight excluding hydrogens is 266 g/mol. The molecule has 1 aromatic heterocycles. The van der Waals surface area contributed by atoms with Crippen molar-refractivity contribution in [1.29, 1.82) is 0 Å². The number of hydrogen-bond acceptors (Lipinski definition) is 5. The number of rotatable bonds is 4. The summed E-state index contributed by atoms with van der Waals surface area (Å²) in [6.45, 7) is 4.65. The Balaban J connectivity index is 1.82. The van der Waals surface area contributed by atoms with Crippen LogP contribution in [0.2, 0.25) is 0 Å². The van der Waals surface area contributed by atoms with Crippen LogP contribution >= 0.6 is 0 Å². The van der Waals surface area contributed by atoms with Crippen LogP contribution in [0.3, 0.4) is 0 Å². The Kier molecular flexibility index (Phi) is 3.68. The monoisotopic (exact) mass is 287 g/mol. The first-order chi connectivity index (χ1) is 10.2. The molecular formula is C16H21N3O2. The fourth-order valence-corrected chi connectivity index (χ4v) is 2.66. The predicted octanol–water partition coefficient (Wildman–Crippen LogP) is 2.76. The lowest BCUT2D eigenvalue weighted by molar-refractivity contribution is 0.229. The van der Waals surface area contributed by atoms with E-state index in [2.05, 4.69) is 16.2 Å². The number of nitrogens with zero attached hydrogens (tertiary/aromatic N) is 2. The van der Waals surface area contributed by atoms with Crippen LogP contribution in [0.5, 0.6) is 5.75 Å². The maximum absolute atomic E-state index is 6.32. The second kappa shape index (κ2) is 5.48. The van der Waals surface area contributed by atoms with E-state index < -0.39 is 5.54 Å². The van der Waals surface area contributed by atoms with Crippen molar-refractivity contribution in [1.82, 2.24) is 10.1 Å². The smallest absolute Gasteiger partial charge is 0.233 e. The normalized spacial score (nSPS) is 18.1. The van der Waals surface area contributed by atoms with Crippen molar-refractivity contribution in [2.24, 2.45) is 5.73 Å². The summed E-state index contributed by atoms with van der Waals surface area (Å²) in [5, 5.41) is 4.09.